The number of hydrogen-bond acceptors (Lipinski definition) is 4. The van der Waals surface area contributed by atoms with Gasteiger partial charge in [-0.1, -0.05) is 36.4 Å². The number of carbonyl (C=O) groups is 2. The van der Waals surface area contributed by atoms with Crippen LogP contribution in [0.5, 0.6) is 11.5 Å². The number of benzene rings is 3. The first-order valence-electron chi connectivity index (χ1n) is 8.39. The predicted octanol–water partition coefficient (Wildman–Crippen LogP) is 4.81. The van der Waals surface area contributed by atoms with Gasteiger partial charge in [-0.3, -0.25) is 4.79 Å². The lowest BCUT2D eigenvalue weighted by Gasteiger charge is -2.05. The lowest BCUT2D eigenvalue weighted by atomic mass is 10.1. The largest absolute Gasteiger partial charge is 0.497 e. The van der Waals surface area contributed by atoms with E-state index in [1.807, 2.05) is 12.1 Å². The fourth-order valence-electron chi connectivity index (χ4n) is 2.45. The lowest BCUT2D eigenvalue weighted by molar-refractivity contribution is 0.0734. The van der Waals surface area contributed by atoms with Crippen molar-refractivity contribution >= 4 is 17.8 Å². The van der Waals surface area contributed by atoms with Gasteiger partial charge in [-0.25, -0.2) is 4.79 Å². The van der Waals surface area contributed by atoms with Gasteiger partial charge in [-0.15, -0.1) is 0 Å². The van der Waals surface area contributed by atoms with E-state index in [9.17, 15) is 9.59 Å². The normalized spacial score (nSPS) is 10.6. The third-order valence-corrected chi connectivity index (χ3v) is 3.88. The predicted molar refractivity (Wildman–Crippen MR) is 104 cm³/mol. The standard InChI is InChI=1S/C23H18O4/c1-26-20-13-11-18(12-14-20)22(24)15-10-17-6-5-9-21(16-17)27-23(25)19-7-3-2-4-8-19/h2-16H,1H3/b15-10+. The molecule has 0 aliphatic heterocycles. The van der Waals surface area contributed by atoms with Crippen molar-refractivity contribution in [2.24, 2.45) is 0 Å². The Morgan fingerprint density at radius 1 is 0.778 bits per heavy atom. The van der Waals surface area contributed by atoms with Crippen LogP contribution in [-0.4, -0.2) is 18.9 Å². The molecule has 0 spiro atoms. The molecule has 0 fully saturated rings. The Balaban J connectivity index is 1.68. The summed E-state index contributed by atoms with van der Waals surface area (Å²) >= 11 is 0. The van der Waals surface area contributed by atoms with Gasteiger partial charge in [0.15, 0.2) is 5.78 Å². The van der Waals surface area contributed by atoms with E-state index in [-0.39, 0.29) is 5.78 Å². The maximum atomic E-state index is 12.3. The molecule has 134 valence electrons. The number of methoxy groups -OCH3 is 1. The smallest absolute Gasteiger partial charge is 0.343 e. The summed E-state index contributed by atoms with van der Waals surface area (Å²) in [5, 5.41) is 0. The molecule has 0 saturated heterocycles. The minimum Gasteiger partial charge on any atom is -0.497 e. The Morgan fingerprint density at radius 3 is 2.22 bits per heavy atom. The molecule has 0 atom stereocenters. The summed E-state index contributed by atoms with van der Waals surface area (Å²) < 4.78 is 10.5. The van der Waals surface area contributed by atoms with Crippen molar-refractivity contribution in [2.75, 3.05) is 7.11 Å². The summed E-state index contributed by atoms with van der Waals surface area (Å²) in [5.41, 5.74) is 1.81. The van der Waals surface area contributed by atoms with Gasteiger partial charge in [0.2, 0.25) is 0 Å². The average Bonchev–Trinajstić information content (AvgIpc) is 2.73. The zero-order valence-electron chi connectivity index (χ0n) is 14.8. The first-order chi connectivity index (χ1) is 13.2. The molecule has 4 nitrogen and oxygen atoms in total. The van der Waals surface area contributed by atoms with E-state index >= 15 is 0 Å². The van der Waals surface area contributed by atoms with Gasteiger partial charge in [-0.05, 0) is 60.2 Å². The second-order valence-corrected chi connectivity index (χ2v) is 5.75. The summed E-state index contributed by atoms with van der Waals surface area (Å²) in [7, 11) is 1.58. The molecule has 0 aliphatic carbocycles. The highest BCUT2D eigenvalue weighted by Crippen LogP contribution is 2.17. The number of rotatable bonds is 6. The third-order valence-electron chi connectivity index (χ3n) is 3.88. The molecule has 0 saturated carbocycles. The van der Waals surface area contributed by atoms with Crippen molar-refractivity contribution in [3.05, 3.63) is 102 Å². The maximum absolute atomic E-state index is 12.3. The van der Waals surface area contributed by atoms with Gasteiger partial charge in [0, 0.05) is 5.56 Å². The van der Waals surface area contributed by atoms with Crippen LogP contribution in [0.1, 0.15) is 26.3 Å². The van der Waals surface area contributed by atoms with Crippen LogP contribution >= 0.6 is 0 Å². The number of esters is 1. The van der Waals surface area contributed by atoms with E-state index in [0.29, 0.717) is 22.6 Å². The minimum absolute atomic E-state index is 0.121. The summed E-state index contributed by atoms with van der Waals surface area (Å²) in [5.74, 6) is 0.571. The fraction of sp³-hybridized carbons (Fsp3) is 0.0435. The number of hydrogen-bond donors (Lipinski definition) is 0. The average molecular weight is 358 g/mol. The van der Waals surface area contributed by atoms with E-state index in [0.717, 1.165) is 5.56 Å². The Morgan fingerprint density at radius 2 is 1.52 bits per heavy atom. The van der Waals surface area contributed by atoms with E-state index in [2.05, 4.69) is 0 Å². The lowest BCUT2D eigenvalue weighted by Crippen LogP contribution is -2.08. The molecule has 0 amide bonds. The molecule has 0 heterocycles. The van der Waals surface area contributed by atoms with Gasteiger partial charge in [-0.2, -0.15) is 0 Å². The first-order valence-corrected chi connectivity index (χ1v) is 8.39. The van der Waals surface area contributed by atoms with Crippen molar-refractivity contribution in [3.63, 3.8) is 0 Å². The van der Waals surface area contributed by atoms with Crippen LogP contribution < -0.4 is 9.47 Å². The molecule has 4 heteroatoms. The van der Waals surface area contributed by atoms with E-state index in [1.165, 1.54) is 6.08 Å². The Kier molecular flexibility index (Phi) is 5.80. The topological polar surface area (TPSA) is 52.6 Å². The molecule has 0 N–H and O–H groups in total. The van der Waals surface area contributed by atoms with E-state index < -0.39 is 5.97 Å². The van der Waals surface area contributed by atoms with Gasteiger partial charge < -0.3 is 9.47 Å². The quantitative estimate of drug-likeness (QED) is 0.275. The number of allylic oxidation sites excluding steroid dienone is 1. The molecule has 0 aliphatic rings. The molecule has 0 aromatic heterocycles. The Bertz CT molecular complexity index is 957. The molecule has 0 bridgehead atoms. The van der Waals surface area contributed by atoms with Crippen molar-refractivity contribution in [1.29, 1.82) is 0 Å². The second-order valence-electron chi connectivity index (χ2n) is 5.75. The number of carbonyl (C=O) groups excluding carboxylic acids is 2. The van der Waals surface area contributed by atoms with Gasteiger partial charge in [0.05, 0.1) is 12.7 Å². The molecule has 0 unspecified atom stereocenters. The highest BCUT2D eigenvalue weighted by molar-refractivity contribution is 6.06. The summed E-state index contributed by atoms with van der Waals surface area (Å²) in [6, 6.07) is 22.7. The number of ether oxygens (including phenoxy) is 2. The fourth-order valence-corrected chi connectivity index (χ4v) is 2.45. The second kappa shape index (κ2) is 8.63. The molecule has 3 rings (SSSR count). The Hall–Kier alpha value is -3.66. The molecular formula is C23H18O4. The van der Waals surface area contributed by atoms with Crippen LogP contribution in [0.2, 0.25) is 0 Å². The first kappa shape index (κ1) is 18.1. The van der Waals surface area contributed by atoms with Crippen molar-refractivity contribution in [1.82, 2.24) is 0 Å². The minimum atomic E-state index is -0.425. The van der Waals surface area contributed by atoms with Crippen LogP contribution in [0.3, 0.4) is 0 Å². The molecular weight excluding hydrogens is 340 g/mol. The summed E-state index contributed by atoms with van der Waals surface area (Å²) in [4.78, 5) is 24.4. The van der Waals surface area contributed by atoms with Crippen LogP contribution in [0.25, 0.3) is 6.08 Å². The van der Waals surface area contributed by atoms with Gasteiger partial charge >= 0.3 is 5.97 Å². The zero-order chi connectivity index (χ0) is 19.1. The molecule has 3 aromatic carbocycles. The van der Waals surface area contributed by atoms with Crippen LogP contribution in [0.4, 0.5) is 0 Å². The van der Waals surface area contributed by atoms with E-state index in [1.54, 1.807) is 79.9 Å². The van der Waals surface area contributed by atoms with Crippen molar-refractivity contribution in [2.45, 2.75) is 0 Å². The highest BCUT2D eigenvalue weighted by atomic mass is 16.5. The monoisotopic (exact) mass is 358 g/mol. The van der Waals surface area contributed by atoms with Crippen molar-refractivity contribution < 1.29 is 19.1 Å². The van der Waals surface area contributed by atoms with Crippen molar-refractivity contribution in [3.8, 4) is 11.5 Å². The summed E-state index contributed by atoms with van der Waals surface area (Å²) in [6.45, 7) is 0. The number of ketones is 1. The maximum Gasteiger partial charge on any atom is 0.343 e. The molecule has 0 radical (unpaired) electrons. The SMILES string of the molecule is COc1ccc(C(=O)/C=C/c2cccc(OC(=O)c3ccccc3)c2)cc1. The molecule has 27 heavy (non-hydrogen) atoms. The van der Waals surface area contributed by atoms with Crippen LogP contribution in [0.15, 0.2) is 84.9 Å². The zero-order valence-corrected chi connectivity index (χ0v) is 14.8. The highest BCUT2D eigenvalue weighted by Gasteiger charge is 2.08. The van der Waals surface area contributed by atoms with Gasteiger partial charge in [0.1, 0.15) is 11.5 Å². The third kappa shape index (κ3) is 4.92. The van der Waals surface area contributed by atoms with Gasteiger partial charge in [0.25, 0.3) is 0 Å². The molecule has 3 aromatic rings. The van der Waals surface area contributed by atoms with E-state index in [4.69, 9.17) is 9.47 Å². The Labute approximate surface area is 157 Å². The summed E-state index contributed by atoms with van der Waals surface area (Å²) in [6.07, 6.45) is 3.17. The van der Waals surface area contributed by atoms with Crippen LogP contribution in [0, 0.1) is 0 Å². The van der Waals surface area contributed by atoms with Crippen LogP contribution in [-0.2, 0) is 0 Å².